The fourth-order valence-corrected chi connectivity index (χ4v) is 4.44. The lowest BCUT2D eigenvalue weighted by Crippen LogP contribution is -2.39. The topological polar surface area (TPSA) is 30.5 Å². The van der Waals surface area contributed by atoms with Gasteiger partial charge in [0.25, 0.3) is 0 Å². The van der Waals surface area contributed by atoms with Gasteiger partial charge in [0.05, 0.1) is 0 Å². The molecule has 2 aliphatic heterocycles. The zero-order valence-electron chi connectivity index (χ0n) is 16.8. The summed E-state index contributed by atoms with van der Waals surface area (Å²) in [6.45, 7) is 8.65. The number of ether oxygens (including phenoxy) is 2. The third kappa shape index (κ3) is 3.81. The fourth-order valence-electron chi connectivity index (χ4n) is 4.44. The summed E-state index contributed by atoms with van der Waals surface area (Å²) in [5.74, 6) is 2.25. The highest BCUT2D eigenvalue weighted by Crippen LogP contribution is 2.50. The first-order valence-electron chi connectivity index (χ1n) is 9.56. The molecule has 4 heteroatoms. The van der Waals surface area contributed by atoms with E-state index in [2.05, 4.69) is 75.5 Å². The molecule has 0 radical (unpaired) electrons. The lowest BCUT2D eigenvalue weighted by atomic mass is 9.78. The van der Waals surface area contributed by atoms with E-state index in [1.807, 2.05) is 7.05 Å². The molecule has 0 bridgehead atoms. The van der Waals surface area contributed by atoms with E-state index >= 15 is 0 Å². The van der Waals surface area contributed by atoms with E-state index in [4.69, 9.17) is 9.47 Å². The van der Waals surface area contributed by atoms with Gasteiger partial charge in [0.2, 0.25) is 0 Å². The SMILES string of the molecule is CNC1CC(C)(C)Oc2cc3c(cc21)C(c1ccccc1)CC(C)(C)O3.Cl. The van der Waals surface area contributed by atoms with Crippen molar-refractivity contribution in [1.29, 1.82) is 0 Å². The van der Waals surface area contributed by atoms with Gasteiger partial charge in [0, 0.05) is 35.6 Å². The van der Waals surface area contributed by atoms with Gasteiger partial charge in [0.15, 0.2) is 0 Å². The molecular weight excluding hydrogens is 358 g/mol. The molecule has 2 aromatic carbocycles. The van der Waals surface area contributed by atoms with Crippen LogP contribution in [-0.4, -0.2) is 18.2 Å². The maximum Gasteiger partial charge on any atom is 0.128 e. The van der Waals surface area contributed by atoms with Crippen LogP contribution in [0.5, 0.6) is 11.5 Å². The Morgan fingerprint density at radius 3 is 2.07 bits per heavy atom. The number of benzene rings is 2. The van der Waals surface area contributed by atoms with Gasteiger partial charge in [-0.1, -0.05) is 30.3 Å². The number of nitrogens with one attached hydrogen (secondary N) is 1. The van der Waals surface area contributed by atoms with Crippen LogP contribution in [0.1, 0.15) is 69.2 Å². The Morgan fingerprint density at radius 1 is 0.852 bits per heavy atom. The first-order valence-corrected chi connectivity index (χ1v) is 9.56. The van der Waals surface area contributed by atoms with Gasteiger partial charge in [0.1, 0.15) is 22.7 Å². The predicted molar refractivity (Wildman–Crippen MR) is 112 cm³/mol. The third-order valence-electron chi connectivity index (χ3n) is 5.61. The van der Waals surface area contributed by atoms with Crippen LogP contribution in [0.4, 0.5) is 0 Å². The predicted octanol–water partition coefficient (Wildman–Crippen LogP) is 5.62. The van der Waals surface area contributed by atoms with E-state index in [9.17, 15) is 0 Å². The van der Waals surface area contributed by atoms with Crippen molar-refractivity contribution in [2.24, 2.45) is 0 Å². The van der Waals surface area contributed by atoms with Gasteiger partial charge in [-0.3, -0.25) is 0 Å². The number of fused-ring (bicyclic) bond motifs is 2. The van der Waals surface area contributed by atoms with Gasteiger partial charge in [-0.15, -0.1) is 12.4 Å². The van der Waals surface area contributed by atoms with E-state index in [0.29, 0.717) is 12.0 Å². The van der Waals surface area contributed by atoms with Crippen molar-refractivity contribution in [2.75, 3.05) is 7.05 Å². The molecule has 146 valence electrons. The molecule has 2 aromatic rings. The Bertz CT molecular complexity index is 817. The summed E-state index contributed by atoms with van der Waals surface area (Å²) in [5, 5.41) is 3.47. The van der Waals surface area contributed by atoms with E-state index < -0.39 is 0 Å². The summed E-state index contributed by atoms with van der Waals surface area (Å²) in [5.41, 5.74) is 3.49. The van der Waals surface area contributed by atoms with Crippen LogP contribution >= 0.6 is 12.4 Å². The summed E-state index contributed by atoms with van der Waals surface area (Å²) in [6.07, 6.45) is 1.93. The summed E-state index contributed by atoms with van der Waals surface area (Å²) in [6, 6.07) is 15.5. The Hall–Kier alpha value is -1.71. The van der Waals surface area contributed by atoms with Crippen molar-refractivity contribution in [3.05, 3.63) is 59.2 Å². The monoisotopic (exact) mass is 387 g/mol. The van der Waals surface area contributed by atoms with E-state index in [1.54, 1.807) is 0 Å². The minimum Gasteiger partial charge on any atom is -0.487 e. The molecule has 0 aromatic heterocycles. The maximum atomic E-state index is 6.37. The van der Waals surface area contributed by atoms with Gasteiger partial charge in [-0.25, -0.2) is 0 Å². The second-order valence-corrected chi connectivity index (χ2v) is 8.86. The van der Waals surface area contributed by atoms with Crippen LogP contribution in [0.25, 0.3) is 0 Å². The van der Waals surface area contributed by atoms with Crippen LogP contribution < -0.4 is 14.8 Å². The second-order valence-electron chi connectivity index (χ2n) is 8.86. The van der Waals surface area contributed by atoms with Crippen molar-refractivity contribution in [2.45, 2.75) is 63.7 Å². The minimum absolute atomic E-state index is 0. The summed E-state index contributed by atoms with van der Waals surface area (Å²) in [7, 11) is 2.03. The van der Waals surface area contributed by atoms with E-state index in [-0.39, 0.29) is 23.6 Å². The van der Waals surface area contributed by atoms with Crippen molar-refractivity contribution < 1.29 is 9.47 Å². The molecule has 0 aliphatic carbocycles. The standard InChI is InChI=1S/C23H29NO2.ClH/c1-22(2)13-18(15-9-7-6-8-10-15)16-11-17-19(24-5)14-23(3,4)26-21(17)12-20(16)25-22;/h6-12,18-19,24H,13-14H2,1-5H3;1H. The molecule has 0 saturated heterocycles. The van der Waals surface area contributed by atoms with Gasteiger partial charge in [-0.2, -0.15) is 0 Å². The van der Waals surface area contributed by atoms with Crippen molar-refractivity contribution in [3.63, 3.8) is 0 Å². The molecule has 2 aliphatic rings. The Morgan fingerprint density at radius 2 is 1.44 bits per heavy atom. The average molecular weight is 388 g/mol. The highest BCUT2D eigenvalue weighted by Gasteiger charge is 2.39. The summed E-state index contributed by atoms with van der Waals surface area (Å²) in [4.78, 5) is 0. The number of rotatable bonds is 2. The lowest BCUT2D eigenvalue weighted by molar-refractivity contribution is 0.0603. The smallest absolute Gasteiger partial charge is 0.128 e. The van der Waals surface area contributed by atoms with Crippen LogP contribution in [0.2, 0.25) is 0 Å². The maximum absolute atomic E-state index is 6.37. The molecule has 0 spiro atoms. The molecule has 2 atom stereocenters. The molecule has 0 saturated carbocycles. The molecule has 4 rings (SSSR count). The number of hydrogen-bond donors (Lipinski definition) is 1. The van der Waals surface area contributed by atoms with Gasteiger partial charge >= 0.3 is 0 Å². The minimum atomic E-state index is -0.200. The van der Waals surface area contributed by atoms with Gasteiger partial charge in [-0.05, 0) is 52.8 Å². The molecule has 2 unspecified atom stereocenters. The molecule has 1 N–H and O–H groups in total. The first kappa shape index (κ1) is 20.0. The molecule has 0 amide bonds. The van der Waals surface area contributed by atoms with Crippen LogP contribution in [0.15, 0.2) is 42.5 Å². The zero-order chi connectivity index (χ0) is 18.5. The molecule has 27 heavy (non-hydrogen) atoms. The molecule has 0 fully saturated rings. The quantitative estimate of drug-likeness (QED) is 0.725. The van der Waals surface area contributed by atoms with E-state index in [0.717, 1.165) is 24.3 Å². The summed E-state index contributed by atoms with van der Waals surface area (Å²) >= 11 is 0. The van der Waals surface area contributed by atoms with Crippen LogP contribution in [-0.2, 0) is 0 Å². The van der Waals surface area contributed by atoms with Gasteiger partial charge < -0.3 is 14.8 Å². The second kappa shape index (κ2) is 7.03. The third-order valence-corrected chi connectivity index (χ3v) is 5.61. The average Bonchev–Trinajstić information content (AvgIpc) is 2.58. The lowest BCUT2D eigenvalue weighted by Gasteiger charge is -2.42. The van der Waals surface area contributed by atoms with Crippen molar-refractivity contribution in [3.8, 4) is 11.5 Å². The Labute approximate surface area is 168 Å². The van der Waals surface area contributed by atoms with Crippen molar-refractivity contribution >= 4 is 12.4 Å². The van der Waals surface area contributed by atoms with Crippen LogP contribution in [0, 0.1) is 0 Å². The Balaban J connectivity index is 0.00000210. The fraction of sp³-hybridized carbons (Fsp3) is 0.478. The molecule has 3 nitrogen and oxygen atoms in total. The highest BCUT2D eigenvalue weighted by atomic mass is 35.5. The molecule has 2 heterocycles. The van der Waals surface area contributed by atoms with Crippen molar-refractivity contribution in [1.82, 2.24) is 5.32 Å². The van der Waals surface area contributed by atoms with E-state index in [1.165, 1.54) is 16.7 Å². The summed E-state index contributed by atoms with van der Waals surface area (Å²) < 4.78 is 12.7. The van der Waals surface area contributed by atoms with Crippen LogP contribution in [0.3, 0.4) is 0 Å². The normalized spacial score (nSPS) is 24.5. The Kier molecular flexibility index (Phi) is 5.22. The largest absolute Gasteiger partial charge is 0.487 e. The first-order chi connectivity index (χ1) is 12.3. The molecular formula is C23H30ClNO2. The number of hydrogen-bond acceptors (Lipinski definition) is 3. The zero-order valence-corrected chi connectivity index (χ0v) is 17.7. The number of halogens is 1. The highest BCUT2D eigenvalue weighted by molar-refractivity contribution is 5.85.